The van der Waals surface area contributed by atoms with Crippen LogP contribution < -0.4 is 9.80 Å². The largest absolute Gasteiger partial charge is 0.357 e. The zero-order chi connectivity index (χ0) is 27.2. The van der Waals surface area contributed by atoms with Crippen molar-refractivity contribution in [1.29, 1.82) is 0 Å². The van der Waals surface area contributed by atoms with Crippen LogP contribution in [0.1, 0.15) is 25.7 Å². The van der Waals surface area contributed by atoms with Gasteiger partial charge in [-0.3, -0.25) is 0 Å². The van der Waals surface area contributed by atoms with E-state index in [0.717, 1.165) is 71.1 Å². The van der Waals surface area contributed by atoms with Crippen LogP contribution in [0.3, 0.4) is 0 Å². The minimum atomic E-state index is 0.968. The Balaban J connectivity index is 1.06. The molecule has 0 bridgehead atoms. The summed E-state index contributed by atoms with van der Waals surface area (Å²) in [5, 5.41) is 0. The van der Waals surface area contributed by atoms with Crippen molar-refractivity contribution in [3.05, 3.63) is 73.1 Å². The van der Waals surface area contributed by atoms with E-state index in [9.17, 15) is 0 Å². The summed E-state index contributed by atoms with van der Waals surface area (Å²) in [4.78, 5) is 19.1. The fourth-order valence-corrected chi connectivity index (χ4v) is 8.49. The fourth-order valence-electron chi connectivity index (χ4n) is 5.87. The van der Waals surface area contributed by atoms with Crippen molar-refractivity contribution in [3.8, 4) is 41.8 Å². The van der Waals surface area contributed by atoms with Crippen LogP contribution in [0.15, 0.2) is 73.1 Å². The standard InChI is InChI=1S/C32H28N6S3/c1-2-16-37(15-1)29-13-5-21(19-33-29)25-9-11-27(39-25)23-7-8-24(32-31(23)35-41-36-32)28-12-10-26(40-28)22-6-14-30(34-20-22)38-17-3-4-18-38/h5-14,19-20H,1-4,15-18H2. The molecule has 2 fully saturated rings. The Morgan fingerprint density at radius 2 is 0.927 bits per heavy atom. The fraction of sp³-hybridized carbons (Fsp3) is 0.250. The van der Waals surface area contributed by atoms with Crippen LogP contribution in [0.25, 0.3) is 52.8 Å². The SMILES string of the molecule is c1cc(N2CCCC2)ncc1-c1ccc(-c2ccc(-c3ccc(-c4ccc(N5CCCC5)nc4)s3)c3nsnc23)s1. The van der Waals surface area contributed by atoms with Gasteiger partial charge in [-0.1, -0.05) is 12.1 Å². The number of aromatic nitrogens is 4. The first-order chi connectivity index (χ1) is 20.3. The predicted octanol–water partition coefficient (Wildman–Crippen LogP) is 8.47. The van der Waals surface area contributed by atoms with E-state index in [0.29, 0.717) is 0 Å². The van der Waals surface area contributed by atoms with E-state index in [2.05, 4.69) is 70.5 Å². The number of hydrogen-bond acceptors (Lipinski definition) is 9. The highest BCUT2D eigenvalue weighted by molar-refractivity contribution is 7.19. The van der Waals surface area contributed by atoms with Crippen molar-refractivity contribution in [2.45, 2.75) is 25.7 Å². The van der Waals surface area contributed by atoms with Crippen LogP contribution in [-0.4, -0.2) is 44.9 Å². The number of anilines is 2. The summed E-state index contributed by atoms with van der Waals surface area (Å²) in [5.74, 6) is 2.17. The molecule has 41 heavy (non-hydrogen) atoms. The van der Waals surface area contributed by atoms with Gasteiger partial charge in [-0.05, 0) is 74.2 Å². The molecule has 0 atom stereocenters. The molecule has 8 rings (SSSR count). The van der Waals surface area contributed by atoms with Gasteiger partial charge in [-0.2, -0.15) is 8.75 Å². The highest BCUT2D eigenvalue weighted by Gasteiger charge is 2.18. The first-order valence-corrected chi connectivity index (χ1v) is 16.5. The minimum Gasteiger partial charge on any atom is -0.357 e. The van der Waals surface area contributed by atoms with Gasteiger partial charge in [-0.15, -0.1) is 22.7 Å². The van der Waals surface area contributed by atoms with Gasteiger partial charge in [0.15, 0.2) is 0 Å². The Morgan fingerprint density at radius 1 is 0.488 bits per heavy atom. The van der Waals surface area contributed by atoms with E-state index < -0.39 is 0 Å². The van der Waals surface area contributed by atoms with Crippen LogP contribution in [0.2, 0.25) is 0 Å². The third-order valence-electron chi connectivity index (χ3n) is 8.08. The number of pyridine rings is 2. The summed E-state index contributed by atoms with van der Waals surface area (Å²) < 4.78 is 9.48. The Labute approximate surface area is 251 Å². The van der Waals surface area contributed by atoms with E-state index in [1.54, 1.807) is 22.7 Å². The quantitative estimate of drug-likeness (QED) is 0.193. The molecule has 0 spiro atoms. The molecule has 0 unspecified atom stereocenters. The highest BCUT2D eigenvalue weighted by atomic mass is 32.1. The predicted molar refractivity (Wildman–Crippen MR) is 173 cm³/mol. The molecule has 7 heterocycles. The third-order valence-corrected chi connectivity index (χ3v) is 10.9. The normalized spacial score (nSPS) is 15.4. The number of rotatable bonds is 6. The molecule has 9 heteroatoms. The van der Waals surface area contributed by atoms with Crippen molar-refractivity contribution in [2.24, 2.45) is 0 Å². The molecule has 6 aromatic rings. The lowest BCUT2D eigenvalue weighted by Gasteiger charge is -2.16. The zero-order valence-electron chi connectivity index (χ0n) is 22.5. The van der Waals surface area contributed by atoms with Gasteiger partial charge in [0.05, 0.1) is 11.7 Å². The molecule has 0 amide bonds. The lowest BCUT2D eigenvalue weighted by Crippen LogP contribution is -2.18. The van der Waals surface area contributed by atoms with Crippen LogP contribution in [0.4, 0.5) is 11.6 Å². The molecule has 0 N–H and O–H groups in total. The smallest absolute Gasteiger partial charge is 0.128 e. The topological polar surface area (TPSA) is 58.0 Å². The van der Waals surface area contributed by atoms with E-state index in [1.165, 1.54) is 56.9 Å². The molecule has 0 radical (unpaired) electrons. The summed E-state index contributed by atoms with van der Waals surface area (Å²) in [5.41, 5.74) is 6.51. The number of nitrogens with zero attached hydrogens (tertiary/aromatic N) is 6. The van der Waals surface area contributed by atoms with Gasteiger partial charge in [0.1, 0.15) is 22.7 Å². The van der Waals surface area contributed by atoms with Crippen LogP contribution in [-0.2, 0) is 0 Å². The number of thiophene rings is 2. The summed E-state index contributed by atoms with van der Waals surface area (Å²) in [6.07, 6.45) is 9.05. The van der Waals surface area contributed by atoms with E-state index in [-0.39, 0.29) is 0 Å². The lowest BCUT2D eigenvalue weighted by molar-refractivity contribution is 0.938. The Hall–Kier alpha value is -3.66. The molecule has 0 saturated carbocycles. The molecule has 2 aliphatic heterocycles. The van der Waals surface area contributed by atoms with Crippen molar-refractivity contribution in [3.63, 3.8) is 0 Å². The van der Waals surface area contributed by atoms with Crippen molar-refractivity contribution in [2.75, 3.05) is 36.0 Å². The molecule has 204 valence electrons. The number of hydrogen-bond donors (Lipinski definition) is 0. The first kappa shape index (κ1) is 25.1. The molecule has 2 saturated heterocycles. The van der Waals surface area contributed by atoms with Gasteiger partial charge in [0.2, 0.25) is 0 Å². The van der Waals surface area contributed by atoms with E-state index >= 15 is 0 Å². The highest BCUT2D eigenvalue weighted by Crippen LogP contribution is 2.42. The summed E-state index contributed by atoms with van der Waals surface area (Å²) >= 11 is 4.85. The maximum Gasteiger partial charge on any atom is 0.128 e. The van der Waals surface area contributed by atoms with Crippen molar-refractivity contribution >= 4 is 57.1 Å². The minimum absolute atomic E-state index is 0.968. The van der Waals surface area contributed by atoms with Crippen molar-refractivity contribution < 1.29 is 0 Å². The zero-order valence-corrected chi connectivity index (χ0v) is 24.9. The Kier molecular flexibility index (Phi) is 6.50. The summed E-state index contributed by atoms with van der Waals surface area (Å²) in [6.45, 7) is 4.44. The number of fused-ring (bicyclic) bond motifs is 1. The third kappa shape index (κ3) is 4.71. The summed E-state index contributed by atoms with van der Waals surface area (Å²) in [7, 11) is 0. The van der Waals surface area contributed by atoms with Gasteiger partial charge in [0.25, 0.3) is 0 Å². The molecule has 2 aliphatic rings. The summed E-state index contributed by atoms with van der Waals surface area (Å²) in [6, 6.07) is 21.9. The maximum atomic E-state index is 4.76. The monoisotopic (exact) mass is 592 g/mol. The van der Waals surface area contributed by atoms with Crippen molar-refractivity contribution in [1.82, 2.24) is 18.7 Å². The molecular weight excluding hydrogens is 565 g/mol. The van der Waals surface area contributed by atoms with E-state index in [4.69, 9.17) is 18.7 Å². The molecule has 5 aromatic heterocycles. The van der Waals surface area contributed by atoms with Gasteiger partial charge >= 0.3 is 0 Å². The van der Waals surface area contributed by atoms with Gasteiger partial charge in [-0.25, -0.2) is 9.97 Å². The average molecular weight is 593 g/mol. The molecule has 0 aliphatic carbocycles. The molecular formula is C32H28N6S3. The van der Waals surface area contributed by atoms with E-state index in [1.807, 2.05) is 12.4 Å². The maximum absolute atomic E-state index is 4.76. The van der Waals surface area contributed by atoms with Crippen LogP contribution >= 0.6 is 34.4 Å². The molecule has 1 aromatic carbocycles. The Bertz CT molecular complexity index is 1670. The first-order valence-electron chi connectivity index (χ1n) is 14.2. The van der Waals surface area contributed by atoms with Gasteiger partial charge in [0, 0.05) is 80.3 Å². The van der Waals surface area contributed by atoms with Crippen LogP contribution in [0, 0.1) is 0 Å². The van der Waals surface area contributed by atoms with Gasteiger partial charge < -0.3 is 9.80 Å². The second-order valence-corrected chi connectivity index (χ2v) is 13.3. The van der Waals surface area contributed by atoms with Crippen LogP contribution in [0.5, 0.6) is 0 Å². The lowest BCUT2D eigenvalue weighted by atomic mass is 10.1. The number of benzene rings is 1. The Morgan fingerprint density at radius 3 is 1.34 bits per heavy atom. The average Bonchev–Trinajstić information content (AvgIpc) is 3.87. The second kappa shape index (κ2) is 10.6. The second-order valence-electron chi connectivity index (χ2n) is 10.6. The molecule has 6 nitrogen and oxygen atoms in total.